The molecule has 1 amide bonds. The molecule has 0 aromatic heterocycles. The van der Waals surface area contributed by atoms with Crippen LogP contribution in [0.4, 0.5) is 5.69 Å². The number of anilines is 1. The molecule has 1 aromatic carbocycles. The van der Waals surface area contributed by atoms with Gasteiger partial charge in [0.25, 0.3) is 0 Å². The second-order valence-corrected chi connectivity index (χ2v) is 4.17. The van der Waals surface area contributed by atoms with Crippen LogP contribution in [0, 0.1) is 5.92 Å². The Bertz CT molecular complexity index is 354. The fourth-order valence-corrected chi connectivity index (χ4v) is 1.68. The van der Waals surface area contributed by atoms with Crippen LogP contribution in [0.3, 0.4) is 0 Å². The molecule has 0 bridgehead atoms. The highest BCUT2D eigenvalue weighted by atomic mass is 35.5. The van der Waals surface area contributed by atoms with Crippen LogP contribution in [-0.4, -0.2) is 5.91 Å². The first-order chi connectivity index (χ1) is 6.68. The van der Waals surface area contributed by atoms with Crippen molar-refractivity contribution < 1.29 is 4.79 Å². The van der Waals surface area contributed by atoms with E-state index in [1.807, 2.05) is 0 Å². The van der Waals surface area contributed by atoms with Crippen molar-refractivity contribution >= 4 is 34.8 Å². The number of hydrogen-bond acceptors (Lipinski definition) is 1. The van der Waals surface area contributed by atoms with Gasteiger partial charge in [0.1, 0.15) is 0 Å². The zero-order valence-corrected chi connectivity index (χ0v) is 8.90. The van der Waals surface area contributed by atoms with Gasteiger partial charge in [0.05, 0.1) is 15.7 Å². The van der Waals surface area contributed by atoms with E-state index < -0.39 is 0 Å². The maximum atomic E-state index is 11.5. The van der Waals surface area contributed by atoms with Crippen LogP contribution in [0.2, 0.25) is 10.0 Å². The molecule has 0 saturated heterocycles. The zero-order valence-electron chi connectivity index (χ0n) is 7.39. The van der Waals surface area contributed by atoms with Crippen LogP contribution >= 0.6 is 23.2 Å². The van der Waals surface area contributed by atoms with E-state index in [4.69, 9.17) is 23.2 Å². The first-order valence-electron chi connectivity index (χ1n) is 4.43. The van der Waals surface area contributed by atoms with E-state index >= 15 is 0 Å². The second kappa shape index (κ2) is 3.79. The van der Waals surface area contributed by atoms with E-state index in [0.717, 1.165) is 12.8 Å². The van der Waals surface area contributed by atoms with Gasteiger partial charge < -0.3 is 5.32 Å². The summed E-state index contributed by atoms with van der Waals surface area (Å²) >= 11 is 11.8. The van der Waals surface area contributed by atoms with Crippen molar-refractivity contribution in [1.82, 2.24) is 0 Å². The summed E-state index contributed by atoms with van der Waals surface area (Å²) in [7, 11) is 0. The number of halogens is 2. The normalized spacial score (nSPS) is 15.3. The van der Waals surface area contributed by atoms with Crippen molar-refractivity contribution in [3.63, 3.8) is 0 Å². The predicted molar refractivity (Wildman–Crippen MR) is 57.8 cm³/mol. The molecule has 1 aromatic rings. The van der Waals surface area contributed by atoms with Gasteiger partial charge in [0, 0.05) is 5.92 Å². The van der Waals surface area contributed by atoms with Crippen LogP contribution in [0.5, 0.6) is 0 Å². The molecule has 4 heteroatoms. The molecule has 0 spiro atoms. The Hall–Kier alpha value is -0.730. The number of para-hydroxylation sites is 1. The zero-order chi connectivity index (χ0) is 10.1. The summed E-state index contributed by atoms with van der Waals surface area (Å²) in [5.74, 6) is 0.169. The minimum atomic E-state index is 0.0139. The van der Waals surface area contributed by atoms with E-state index in [-0.39, 0.29) is 11.8 Å². The fraction of sp³-hybridized carbons (Fsp3) is 0.300. The molecule has 0 radical (unpaired) electrons. The highest BCUT2D eigenvalue weighted by Gasteiger charge is 2.30. The number of nitrogens with one attached hydrogen (secondary N) is 1. The Balaban J connectivity index is 2.18. The van der Waals surface area contributed by atoms with Crippen LogP contribution in [0.1, 0.15) is 12.8 Å². The average Bonchev–Trinajstić information content (AvgIpc) is 2.94. The highest BCUT2D eigenvalue weighted by Crippen LogP contribution is 2.34. The topological polar surface area (TPSA) is 29.1 Å². The highest BCUT2D eigenvalue weighted by molar-refractivity contribution is 6.39. The molecule has 1 fully saturated rings. The third kappa shape index (κ3) is 2.02. The number of carbonyl (C=O) groups excluding carboxylic acids is 1. The largest absolute Gasteiger partial charge is 0.323 e. The van der Waals surface area contributed by atoms with E-state index in [1.54, 1.807) is 18.2 Å². The number of amides is 1. The smallest absolute Gasteiger partial charge is 0.227 e. The van der Waals surface area contributed by atoms with E-state index in [9.17, 15) is 4.79 Å². The minimum absolute atomic E-state index is 0.0139. The number of carbonyl (C=O) groups is 1. The standard InChI is InChI=1S/C10H9Cl2NO/c11-7-2-1-3-8(12)9(7)13-10(14)6-4-5-6/h1-3,6H,4-5H2,(H,13,14). The van der Waals surface area contributed by atoms with Gasteiger partial charge in [-0.05, 0) is 25.0 Å². The first-order valence-corrected chi connectivity index (χ1v) is 5.19. The van der Waals surface area contributed by atoms with E-state index in [1.165, 1.54) is 0 Å². The molecule has 1 aliphatic carbocycles. The molecule has 74 valence electrons. The molecular weight excluding hydrogens is 221 g/mol. The van der Waals surface area contributed by atoms with Gasteiger partial charge in [-0.3, -0.25) is 4.79 Å². The van der Waals surface area contributed by atoms with Gasteiger partial charge in [-0.2, -0.15) is 0 Å². The van der Waals surface area contributed by atoms with Crippen molar-refractivity contribution in [2.75, 3.05) is 5.32 Å². The molecule has 0 heterocycles. The van der Waals surface area contributed by atoms with Crippen molar-refractivity contribution in [3.05, 3.63) is 28.2 Å². The van der Waals surface area contributed by atoms with E-state index in [0.29, 0.717) is 15.7 Å². The summed E-state index contributed by atoms with van der Waals surface area (Å²) in [6.45, 7) is 0. The van der Waals surface area contributed by atoms with Crippen molar-refractivity contribution in [2.45, 2.75) is 12.8 Å². The Morgan fingerprint density at radius 1 is 1.29 bits per heavy atom. The lowest BCUT2D eigenvalue weighted by atomic mass is 10.3. The minimum Gasteiger partial charge on any atom is -0.323 e. The molecule has 1 N–H and O–H groups in total. The van der Waals surface area contributed by atoms with Gasteiger partial charge in [0.2, 0.25) is 5.91 Å². The fourth-order valence-electron chi connectivity index (χ4n) is 1.19. The summed E-state index contributed by atoms with van der Waals surface area (Å²) in [5, 5.41) is 3.69. The summed E-state index contributed by atoms with van der Waals surface area (Å²) in [6, 6.07) is 5.16. The van der Waals surface area contributed by atoms with Gasteiger partial charge >= 0.3 is 0 Å². The monoisotopic (exact) mass is 229 g/mol. The molecule has 2 rings (SSSR count). The third-order valence-corrected chi connectivity index (χ3v) is 2.79. The van der Waals surface area contributed by atoms with Crippen LogP contribution in [0.15, 0.2) is 18.2 Å². The Morgan fingerprint density at radius 3 is 2.36 bits per heavy atom. The molecule has 0 aliphatic heterocycles. The lowest BCUT2D eigenvalue weighted by Gasteiger charge is -2.07. The maximum absolute atomic E-state index is 11.5. The third-order valence-electron chi connectivity index (χ3n) is 2.16. The van der Waals surface area contributed by atoms with Gasteiger partial charge in [-0.25, -0.2) is 0 Å². The predicted octanol–water partition coefficient (Wildman–Crippen LogP) is 3.34. The summed E-state index contributed by atoms with van der Waals surface area (Å²) in [6.07, 6.45) is 1.93. The molecule has 2 nitrogen and oxygen atoms in total. The molecular formula is C10H9Cl2NO. The molecule has 0 atom stereocenters. The van der Waals surface area contributed by atoms with Crippen molar-refractivity contribution in [3.8, 4) is 0 Å². The molecule has 1 saturated carbocycles. The lowest BCUT2D eigenvalue weighted by molar-refractivity contribution is -0.117. The number of hydrogen-bond donors (Lipinski definition) is 1. The van der Waals surface area contributed by atoms with Crippen LogP contribution in [0.25, 0.3) is 0 Å². The van der Waals surface area contributed by atoms with Crippen molar-refractivity contribution in [1.29, 1.82) is 0 Å². The number of rotatable bonds is 2. The quantitative estimate of drug-likeness (QED) is 0.829. The summed E-state index contributed by atoms with van der Waals surface area (Å²) < 4.78 is 0. The molecule has 1 aliphatic rings. The van der Waals surface area contributed by atoms with Crippen LogP contribution in [-0.2, 0) is 4.79 Å². The Labute approximate surface area is 92.2 Å². The first kappa shape index (κ1) is 9.81. The second-order valence-electron chi connectivity index (χ2n) is 3.36. The average molecular weight is 230 g/mol. The lowest BCUT2D eigenvalue weighted by Crippen LogP contribution is -2.13. The SMILES string of the molecule is O=C(Nc1c(Cl)cccc1Cl)C1CC1. The van der Waals surface area contributed by atoms with Gasteiger partial charge in [-0.1, -0.05) is 29.3 Å². The molecule has 14 heavy (non-hydrogen) atoms. The summed E-state index contributed by atoms with van der Waals surface area (Å²) in [5.41, 5.74) is 0.521. The Kier molecular flexibility index (Phi) is 2.66. The molecule has 0 unspecified atom stereocenters. The van der Waals surface area contributed by atoms with Gasteiger partial charge in [-0.15, -0.1) is 0 Å². The Morgan fingerprint density at radius 2 is 1.86 bits per heavy atom. The number of benzene rings is 1. The van der Waals surface area contributed by atoms with Crippen LogP contribution < -0.4 is 5.32 Å². The van der Waals surface area contributed by atoms with Crippen molar-refractivity contribution in [2.24, 2.45) is 5.92 Å². The summed E-state index contributed by atoms with van der Waals surface area (Å²) in [4.78, 5) is 11.5. The van der Waals surface area contributed by atoms with Gasteiger partial charge in [0.15, 0.2) is 0 Å². The maximum Gasteiger partial charge on any atom is 0.227 e. The van der Waals surface area contributed by atoms with E-state index in [2.05, 4.69) is 5.32 Å².